The molecule has 2 N–H and O–H groups in total. The molecule has 0 unspecified atom stereocenters. The number of amides is 2. The van der Waals surface area contributed by atoms with E-state index in [1.54, 1.807) is 30.3 Å². The van der Waals surface area contributed by atoms with Gasteiger partial charge < -0.3 is 15.4 Å². The molecule has 2 amide bonds. The number of para-hydroxylation sites is 1. The Morgan fingerprint density at radius 1 is 0.966 bits per heavy atom. The van der Waals surface area contributed by atoms with Crippen molar-refractivity contribution in [3.63, 3.8) is 0 Å². The lowest BCUT2D eigenvalue weighted by Crippen LogP contribution is -2.32. The second-order valence-electron chi connectivity index (χ2n) is 7.32. The summed E-state index contributed by atoms with van der Waals surface area (Å²) in [6.45, 7) is 5.34. The van der Waals surface area contributed by atoms with Crippen LogP contribution in [0.5, 0.6) is 0 Å². The van der Waals surface area contributed by atoms with E-state index in [4.69, 9.17) is 27.9 Å². The first-order chi connectivity index (χ1) is 13.6. The van der Waals surface area contributed by atoms with Gasteiger partial charge in [-0.25, -0.2) is 0 Å². The van der Waals surface area contributed by atoms with E-state index in [0.717, 1.165) is 5.56 Å². The van der Waals surface area contributed by atoms with Crippen molar-refractivity contribution in [1.29, 1.82) is 0 Å². The third kappa shape index (κ3) is 6.76. The minimum atomic E-state index is -0.745. The zero-order valence-corrected chi connectivity index (χ0v) is 17.9. The number of hydrogen-bond acceptors (Lipinski definition) is 4. The molecule has 0 heterocycles. The molecule has 0 aromatic heterocycles. The topological polar surface area (TPSA) is 84.5 Å². The van der Waals surface area contributed by atoms with E-state index in [-0.39, 0.29) is 27.7 Å². The molecule has 0 saturated heterocycles. The fourth-order valence-electron chi connectivity index (χ4n) is 2.37. The van der Waals surface area contributed by atoms with Gasteiger partial charge in [-0.1, -0.05) is 62.2 Å². The number of halogens is 2. The van der Waals surface area contributed by atoms with Crippen LogP contribution in [0, 0.1) is 0 Å². The number of benzene rings is 2. The van der Waals surface area contributed by atoms with E-state index in [1.165, 1.54) is 0 Å². The molecule has 6 nitrogen and oxygen atoms in total. The van der Waals surface area contributed by atoms with Crippen LogP contribution in [0.1, 0.15) is 36.7 Å². The highest BCUT2D eigenvalue weighted by molar-refractivity contribution is 6.39. The Kier molecular flexibility index (Phi) is 7.65. The highest BCUT2D eigenvalue weighted by Gasteiger charge is 2.16. The maximum atomic E-state index is 12.1. The van der Waals surface area contributed by atoms with E-state index in [9.17, 15) is 14.4 Å². The predicted molar refractivity (Wildman–Crippen MR) is 114 cm³/mol. The Morgan fingerprint density at radius 2 is 1.55 bits per heavy atom. The van der Waals surface area contributed by atoms with Gasteiger partial charge in [0.25, 0.3) is 11.8 Å². The fourth-order valence-corrected chi connectivity index (χ4v) is 2.86. The largest absolute Gasteiger partial charge is 0.454 e. The molecule has 0 bridgehead atoms. The van der Waals surface area contributed by atoms with Crippen molar-refractivity contribution in [3.05, 3.63) is 63.6 Å². The normalized spacial score (nSPS) is 10.9. The van der Waals surface area contributed by atoms with E-state index in [2.05, 4.69) is 31.4 Å². The molecule has 2 rings (SSSR count). The monoisotopic (exact) mass is 436 g/mol. The first-order valence-electron chi connectivity index (χ1n) is 8.86. The second kappa shape index (κ2) is 9.76. The molecule has 0 saturated carbocycles. The summed E-state index contributed by atoms with van der Waals surface area (Å²) in [5, 5.41) is 5.47. The minimum absolute atomic E-state index is 0.0202. The number of esters is 1. The van der Waals surface area contributed by atoms with Crippen molar-refractivity contribution in [2.24, 2.45) is 0 Å². The van der Waals surface area contributed by atoms with Crippen LogP contribution in [0.4, 0.5) is 5.69 Å². The van der Waals surface area contributed by atoms with Crippen LogP contribution in [0.25, 0.3) is 0 Å². The predicted octanol–water partition coefficient (Wildman–Crippen LogP) is 4.20. The van der Waals surface area contributed by atoms with Gasteiger partial charge in [0, 0.05) is 5.56 Å². The lowest BCUT2D eigenvalue weighted by Gasteiger charge is -2.19. The molecule has 2 aromatic rings. The molecule has 29 heavy (non-hydrogen) atoms. The summed E-state index contributed by atoms with van der Waals surface area (Å²) in [6.07, 6.45) is 0. The Bertz CT molecular complexity index is 886. The summed E-state index contributed by atoms with van der Waals surface area (Å²) in [5.74, 6) is -1.75. The summed E-state index contributed by atoms with van der Waals surface area (Å²) in [6, 6.07) is 11.9. The highest BCUT2D eigenvalue weighted by atomic mass is 35.5. The number of hydrogen-bond donors (Lipinski definition) is 2. The number of carbonyl (C=O) groups excluding carboxylic acids is 3. The molecule has 0 fully saturated rings. The average Bonchev–Trinajstić information content (AvgIpc) is 2.67. The number of carbonyl (C=O) groups is 3. The molecule has 154 valence electrons. The maximum absolute atomic E-state index is 12.1. The van der Waals surface area contributed by atoms with E-state index < -0.39 is 24.4 Å². The Balaban J connectivity index is 1.79. The van der Waals surface area contributed by atoms with Crippen molar-refractivity contribution < 1.29 is 19.1 Å². The maximum Gasteiger partial charge on any atom is 0.325 e. The summed E-state index contributed by atoms with van der Waals surface area (Å²) < 4.78 is 4.85. The van der Waals surface area contributed by atoms with Gasteiger partial charge in [-0.05, 0) is 35.2 Å². The van der Waals surface area contributed by atoms with Crippen LogP contribution in [0.15, 0.2) is 42.5 Å². The van der Waals surface area contributed by atoms with Gasteiger partial charge >= 0.3 is 5.97 Å². The minimum Gasteiger partial charge on any atom is -0.454 e. The first kappa shape index (κ1) is 22.7. The van der Waals surface area contributed by atoms with Crippen molar-refractivity contribution in [2.75, 3.05) is 18.5 Å². The molecule has 8 heteroatoms. The van der Waals surface area contributed by atoms with Crippen molar-refractivity contribution in [2.45, 2.75) is 26.2 Å². The van der Waals surface area contributed by atoms with Crippen LogP contribution >= 0.6 is 23.2 Å². The molecule has 0 atom stereocenters. The van der Waals surface area contributed by atoms with Crippen LogP contribution in [-0.4, -0.2) is 30.9 Å². The van der Waals surface area contributed by atoms with E-state index in [1.807, 2.05) is 12.1 Å². The SMILES string of the molecule is CC(C)(C)c1ccc(C(=O)NCC(=O)OCC(=O)Nc2c(Cl)cccc2Cl)cc1. The number of anilines is 1. The molecule has 0 spiro atoms. The quantitative estimate of drug-likeness (QED) is 0.664. The lowest BCUT2D eigenvalue weighted by molar-refractivity contribution is -0.146. The van der Waals surface area contributed by atoms with Crippen LogP contribution in [0.2, 0.25) is 10.0 Å². The van der Waals surface area contributed by atoms with Gasteiger partial charge in [0.15, 0.2) is 6.61 Å². The Morgan fingerprint density at radius 3 is 2.10 bits per heavy atom. The third-order valence-corrected chi connectivity index (χ3v) is 4.63. The molecular weight excluding hydrogens is 415 g/mol. The average molecular weight is 437 g/mol. The van der Waals surface area contributed by atoms with E-state index >= 15 is 0 Å². The van der Waals surface area contributed by atoms with Crippen molar-refractivity contribution >= 4 is 46.7 Å². The Hall–Kier alpha value is -2.57. The summed E-state index contributed by atoms with van der Waals surface area (Å²) in [4.78, 5) is 35.8. The van der Waals surface area contributed by atoms with Gasteiger partial charge in [-0.2, -0.15) is 0 Å². The van der Waals surface area contributed by atoms with Gasteiger partial charge in [-0.3, -0.25) is 14.4 Å². The highest BCUT2D eigenvalue weighted by Crippen LogP contribution is 2.29. The smallest absolute Gasteiger partial charge is 0.325 e. The van der Waals surface area contributed by atoms with Gasteiger partial charge in [0.2, 0.25) is 0 Å². The zero-order valence-electron chi connectivity index (χ0n) is 16.3. The van der Waals surface area contributed by atoms with E-state index in [0.29, 0.717) is 5.56 Å². The molecule has 0 aliphatic heterocycles. The second-order valence-corrected chi connectivity index (χ2v) is 8.13. The summed E-state index contributed by atoms with van der Waals surface area (Å²) in [5.41, 5.74) is 1.74. The number of ether oxygens (including phenoxy) is 1. The van der Waals surface area contributed by atoms with Crippen molar-refractivity contribution in [3.8, 4) is 0 Å². The van der Waals surface area contributed by atoms with Crippen LogP contribution < -0.4 is 10.6 Å². The Labute approximate surface area is 179 Å². The van der Waals surface area contributed by atoms with Crippen LogP contribution in [-0.2, 0) is 19.7 Å². The molecule has 2 aromatic carbocycles. The zero-order chi connectivity index (χ0) is 21.6. The van der Waals surface area contributed by atoms with Crippen LogP contribution in [0.3, 0.4) is 0 Å². The number of nitrogens with one attached hydrogen (secondary N) is 2. The number of rotatable bonds is 6. The van der Waals surface area contributed by atoms with Gasteiger partial charge in [0.05, 0.1) is 15.7 Å². The standard InChI is InChI=1S/C21H22Cl2N2O4/c1-21(2,3)14-9-7-13(8-10-14)20(28)24-11-18(27)29-12-17(26)25-19-15(22)5-4-6-16(19)23/h4-10H,11-12H2,1-3H3,(H,24,28)(H,25,26). The summed E-state index contributed by atoms with van der Waals surface area (Å²) >= 11 is 11.9. The molecule has 0 radical (unpaired) electrons. The first-order valence-corrected chi connectivity index (χ1v) is 9.62. The molecule has 0 aliphatic carbocycles. The fraction of sp³-hybridized carbons (Fsp3) is 0.286. The summed E-state index contributed by atoms with van der Waals surface area (Å²) in [7, 11) is 0. The molecular formula is C21H22Cl2N2O4. The van der Waals surface area contributed by atoms with Gasteiger partial charge in [-0.15, -0.1) is 0 Å². The van der Waals surface area contributed by atoms with Crippen molar-refractivity contribution in [1.82, 2.24) is 5.32 Å². The third-order valence-electron chi connectivity index (χ3n) is 4.00. The van der Waals surface area contributed by atoms with Gasteiger partial charge in [0.1, 0.15) is 6.54 Å². The lowest BCUT2D eigenvalue weighted by atomic mass is 9.87. The molecule has 0 aliphatic rings.